The molecule has 1 rings (SSSR count). The number of hydrogen-bond donors (Lipinski definition) is 3. The van der Waals surface area contributed by atoms with Crippen LogP contribution in [0.3, 0.4) is 0 Å². The number of aryl methyl sites for hydroxylation is 1. The Morgan fingerprint density at radius 2 is 2.00 bits per heavy atom. The summed E-state index contributed by atoms with van der Waals surface area (Å²) in [6, 6.07) is 7.76. The number of hydrogen-bond acceptors (Lipinski definition) is 4. The van der Waals surface area contributed by atoms with Gasteiger partial charge >= 0.3 is 5.97 Å². The number of anilines is 1. The van der Waals surface area contributed by atoms with Crippen molar-refractivity contribution in [3.8, 4) is 6.07 Å². The minimum atomic E-state index is -0.793. The smallest absolute Gasteiger partial charge is 0.303 e. The molecule has 0 aromatic heterocycles. The number of carbonyl (C=O) groups excluding carboxylic acids is 1. The number of carboxylic acid groups (broad SMARTS) is 1. The van der Waals surface area contributed by atoms with Gasteiger partial charge < -0.3 is 15.7 Å². The van der Waals surface area contributed by atoms with E-state index in [4.69, 9.17) is 5.11 Å². The van der Waals surface area contributed by atoms with Crippen LogP contribution in [0.1, 0.15) is 56.6 Å². The van der Waals surface area contributed by atoms with E-state index in [1.807, 2.05) is 31.2 Å². The van der Waals surface area contributed by atoms with Gasteiger partial charge in [0.05, 0.1) is 0 Å². The zero-order chi connectivity index (χ0) is 19.5. The maximum atomic E-state index is 12.4. The van der Waals surface area contributed by atoms with E-state index >= 15 is 0 Å². The molecular formula is C20H27N3O3. The van der Waals surface area contributed by atoms with Crippen LogP contribution in [-0.4, -0.2) is 23.5 Å². The van der Waals surface area contributed by atoms with Crippen molar-refractivity contribution >= 4 is 17.6 Å². The van der Waals surface area contributed by atoms with Gasteiger partial charge in [0, 0.05) is 24.9 Å². The van der Waals surface area contributed by atoms with Crippen molar-refractivity contribution in [3.63, 3.8) is 0 Å². The molecule has 0 bridgehead atoms. The molecule has 0 spiro atoms. The SMILES string of the molecule is Cc1cccc(C(C)C)c1NC(=O)/C(C#N)=C\NCCCCCC(=O)O. The molecule has 0 aliphatic carbocycles. The van der Waals surface area contributed by atoms with Crippen LogP contribution in [0.5, 0.6) is 0 Å². The van der Waals surface area contributed by atoms with Crippen LogP contribution < -0.4 is 10.6 Å². The Balaban J connectivity index is 2.62. The second-order valence-electron chi connectivity index (χ2n) is 6.48. The van der Waals surface area contributed by atoms with Crippen LogP contribution in [0, 0.1) is 18.3 Å². The van der Waals surface area contributed by atoms with Crippen LogP contribution in [-0.2, 0) is 9.59 Å². The average molecular weight is 357 g/mol. The third-order valence-electron chi connectivity index (χ3n) is 3.99. The fourth-order valence-electron chi connectivity index (χ4n) is 2.53. The van der Waals surface area contributed by atoms with E-state index in [1.165, 1.54) is 6.20 Å². The number of rotatable bonds is 10. The summed E-state index contributed by atoms with van der Waals surface area (Å²) in [6.45, 7) is 6.61. The van der Waals surface area contributed by atoms with E-state index < -0.39 is 11.9 Å². The molecule has 0 fully saturated rings. The van der Waals surface area contributed by atoms with E-state index in [-0.39, 0.29) is 17.9 Å². The van der Waals surface area contributed by atoms with Crippen LogP contribution in [0.25, 0.3) is 0 Å². The van der Waals surface area contributed by atoms with E-state index in [9.17, 15) is 14.9 Å². The number of nitrogens with zero attached hydrogens (tertiary/aromatic N) is 1. The maximum Gasteiger partial charge on any atom is 0.303 e. The fraction of sp³-hybridized carbons (Fsp3) is 0.450. The number of nitriles is 1. The Morgan fingerprint density at radius 1 is 1.27 bits per heavy atom. The number of carbonyl (C=O) groups is 2. The van der Waals surface area contributed by atoms with Crippen molar-refractivity contribution in [1.82, 2.24) is 5.32 Å². The highest BCUT2D eigenvalue weighted by molar-refractivity contribution is 6.07. The molecule has 3 N–H and O–H groups in total. The standard InChI is InChI=1S/C20H27N3O3/c1-14(2)17-9-7-8-15(3)19(17)23-20(26)16(12-21)13-22-11-6-4-5-10-18(24)25/h7-9,13-14,22H,4-6,10-11H2,1-3H3,(H,23,26)(H,24,25)/b16-13-. The lowest BCUT2D eigenvalue weighted by Gasteiger charge is -2.16. The lowest BCUT2D eigenvalue weighted by molar-refractivity contribution is -0.137. The quantitative estimate of drug-likeness (QED) is 0.337. The monoisotopic (exact) mass is 357 g/mol. The van der Waals surface area contributed by atoms with Gasteiger partial charge in [-0.25, -0.2) is 0 Å². The maximum absolute atomic E-state index is 12.4. The van der Waals surface area contributed by atoms with Crippen LogP contribution in [0.4, 0.5) is 5.69 Å². The van der Waals surface area contributed by atoms with Gasteiger partial charge in [-0.1, -0.05) is 38.5 Å². The van der Waals surface area contributed by atoms with Crippen molar-refractivity contribution < 1.29 is 14.7 Å². The summed E-state index contributed by atoms with van der Waals surface area (Å²) in [5.41, 5.74) is 2.74. The lowest BCUT2D eigenvalue weighted by atomic mass is 9.98. The predicted octanol–water partition coefficient (Wildman–Crippen LogP) is 3.70. The van der Waals surface area contributed by atoms with Crippen molar-refractivity contribution in [2.45, 2.75) is 52.4 Å². The van der Waals surface area contributed by atoms with Crippen LogP contribution in [0.15, 0.2) is 30.0 Å². The first-order valence-electron chi connectivity index (χ1n) is 8.83. The fourth-order valence-corrected chi connectivity index (χ4v) is 2.53. The van der Waals surface area contributed by atoms with E-state index in [0.717, 1.165) is 29.7 Å². The van der Waals surface area contributed by atoms with E-state index in [1.54, 1.807) is 0 Å². The number of aliphatic carboxylic acids is 1. The topological polar surface area (TPSA) is 102 Å². The second-order valence-corrected chi connectivity index (χ2v) is 6.48. The summed E-state index contributed by atoms with van der Waals surface area (Å²) in [7, 11) is 0. The first-order chi connectivity index (χ1) is 12.4. The molecule has 0 aliphatic heterocycles. The Kier molecular flexibility index (Phi) is 8.93. The molecule has 26 heavy (non-hydrogen) atoms. The van der Waals surface area contributed by atoms with Crippen LogP contribution >= 0.6 is 0 Å². The van der Waals surface area contributed by atoms with Crippen molar-refractivity contribution in [3.05, 3.63) is 41.1 Å². The molecule has 0 unspecified atom stereocenters. The first-order valence-corrected chi connectivity index (χ1v) is 8.83. The first kappa shape index (κ1) is 21.2. The lowest BCUT2D eigenvalue weighted by Crippen LogP contribution is -2.19. The molecule has 1 amide bonds. The summed E-state index contributed by atoms with van der Waals surface area (Å²) < 4.78 is 0. The van der Waals surface area contributed by atoms with Gasteiger partial charge in [0.15, 0.2) is 0 Å². The molecule has 0 saturated heterocycles. The molecule has 140 valence electrons. The number of unbranched alkanes of at least 4 members (excludes halogenated alkanes) is 2. The highest BCUT2D eigenvalue weighted by atomic mass is 16.4. The Hall–Kier alpha value is -2.81. The normalized spacial score (nSPS) is 11.1. The van der Waals surface area contributed by atoms with Gasteiger partial charge in [-0.2, -0.15) is 5.26 Å². The van der Waals surface area contributed by atoms with Gasteiger partial charge in [-0.3, -0.25) is 9.59 Å². The van der Waals surface area contributed by atoms with Gasteiger partial charge in [-0.15, -0.1) is 0 Å². The molecule has 0 radical (unpaired) electrons. The predicted molar refractivity (Wildman–Crippen MR) is 102 cm³/mol. The zero-order valence-corrected chi connectivity index (χ0v) is 15.6. The van der Waals surface area contributed by atoms with Gasteiger partial charge in [-0.05, 0) is 36.8 Å². The van der Waals surface area contributed by atoms with Gasteiger partial charge in [0.1, 0.15) is 11.6 Å². The average Bonchev–Trinajstić information content (AvgIpc) is 2.58. The Bertz CT molecular complexity index is 703. The Morgan fingerprint density at radius 3 is 2.62 bits per heavy atom. The molecule has 0 aliphatic rings. The van der Waals surface area contributed by atoms with Crippen molar-refractivity contribution in [2.75, 3.05) is 11.9 Å². The zero-order valence-electron chi connectivity index (χ0n) is 15.6. The van der Waals surface area contributed by atoms with Gasteiger partial charge in [0.2, 0.25) is 0 Å². The highest BCUT2D eigenvalue weighted by Crippen LogP contribution is 2.27. The third kappa shape index (κ3) is 6.98. The van der Waals surface area contributed by atoms with E-state index in [0.29, 0.717) is 13.0 Å². The van der Waals surface area contributed by atoms with Crippen molar-refractivity contribution in [2.24, 2.45) is 0 Å². The molecule has 1 aromatic carbocycles. The highest BCUT2D eigenvalue weighted by Gasteiger charge is 2.14. The molecular weight excluding hydrogens is 330 g/mol. The molecule has 6 nitrogen and oxygen atoms in total. The molecule has 6 heteroatoms. The number of amides is 1. The minimum absolute atomic E-state index is 0.00787. The number of nitrogens with one attached hydrogen (secondary N) is 2. The number of benzene rings is 1. The molecule has 0 saturated carbocycles. The van der Waals surface area contributed by atoms with Gasteiger partial charge in [0.25, 0.3) is 5.91 Å². The summed E-state index contributed by atoms with van der Waals surface area (Å²) in [5, 5.41) is 23.6. The Labute approximate surface area is 154 Å². The summed E-state index contributed by atoms with van der Waals surface area (Å²) in [4.78, 5) is 22.8. The molecule has 0 atom stereocenters. The summed E-state index contributed by atoms with van der Waals surface area (Å²) in [5.74, 6) is -0.982. The number of carboxylic acids is 1. The second kappa shape index (κ2) is 10.9. The van der Waals surface area contributed by atoms with Crippen molar-refractivity contribution in [1.29, 1.82) is 5.26 Å². The van der Waals surface area contributed by atoms with E-state index in [2.05, 4.69) is 24.5 Å². The summed E-state index contributed by atoms with van der Waals surface area (Å²) >= 11 is 0. The third-order valence-corrected chi connectivity index (χ3v) is 3.99. The summed E-state index contributed by atoms with van der Waals surface area (Å²) in [6.07, 6.45) is 3.76. The molecule has 0 heterocycles. The molecule has 1 aromatic rings. The minimum Gasteiger partial charge on any atom is -0.481 e. The number of para-hydroxylation sites is 1. The largest absolute Gasteiger partial charge is 0.481 e. The van der Waals surface area contributed by atoms with Crippen LogP contribution in [0.2, 0.25) is 0 Å².